The maximum Gasteiger partial charge on any atom is 0.244 e. The van der Waals surface area contributed by atoms with Gasteiger partial charge in [-0.2, -0.15) is 0 Å². The Morgan fingerprint density at radius 2 is 1.65 bits per heavy atom. The molecule has 8 heteroatoms. The Hall–Kier alpha value is -1.47. The van der Waals surface area contributed by atoms with E-state index in [-0.39, 0.29) is 28.0 Å². The Bertz CT molecular complexity index is 809. The molecular weight excluding hydrogens is 361 g/mol. The predicted octanol–water partition coefficient (Wildman–Crippen LogP) is 3.49. The van der Waals surface area contributed by atoms with Crippen molar-refractivity contribution in [1.82, 2.24) is 4.72 Å². The minimum atomic E-state index is -3.84. The average molecular weight is 376 g/mol. The van der Waals surface area contributed by atoms with Crippen molar-refractivity contribution in [1.29, 1.82) is 0 Å². The van der Waals surface area contributed by atoms with E-state index in [0.29, 0.717) is 10.6 Å². The molecule has 2 aromatic rings. The van der Waals surface area contributed by atoms with Crippen LogP contribution < -0.4 is 14.2 Å². The van der Waals surface area contributed by atoms with E-state index in [1.54, 1.807) is 24.3 Å². The first kappa shape index (κ1) is 17.9. The van der Waals surface area contributed by atoms with Crippen molar-refractivity contribution in [3.8, 4) is 11.5 Å². The fourth-order valence-electron chi connectivity index (χ4n) is 1.93. The van der Waals surface area contributed by atoms with Crippen LogP contribution in [-0.2, 0) is 16.6 Å². The van der Waals surface area contributed by atoms with Crippen molar-refractivity contribution in [2.75, 3.05) is 14.2 Å². The Morgan fingerprint density at radius 3 is 2.26 bits per heavy atom. The first-order valence-corrected chi connectivity index (χ1v) is 8.77. The fraction of sp³-hybridized carbons (Fsp3) is 0.200. The number of benzene rings is 2. The monoisotopic (exact) mass is 375 g/mol. The highest BCUT2D eigenvalue weighted by Crippen LogP contribution is 2.35. The van der Waals surface area contributed by atoms with Crippen LogP contribution in [0.3, 0.4) is 0 Å². The lowest BCUT2D eigenvalue weighted by atomic mass is 10.2. The van der Waals surface area contributed by atoms with Crippen molar-refractivity contribution in [3.05, 3.63) is 52.0 Å². The highest BCUT2D eigenvalue weighted by molar-refractivity contribution is 7.89. The molecule has 0 unspecified atom stereocenters. The summed E-state index contributed by atoms with van der Waals surface area (Å²) in [4.78, 5) is -0.0618. The zero-order valence-corrected chi connectivity index (χ0v) is 14.8. The third kappa shape index (κ3) is 4.09. The van der Waals surface area contributed by atoms with Crippen LogP contribution in [-0.4, -0.2) is 22.6 Å². The molecule has 5 nitrogen and oxygen atoms in total. The maximum absolute atomic E-state index is 12.5. The second-order valence-electron chi connectivity index (χ2n) is 4.55. The molecule has 2 aromatic carbocycles. The van der Waals surface area contributed by atoms with Gasteiger partial charge in [0.1, 0.15) is 16.4 Å². The van der Waals surface area contributed by atoms with E-state index < -0.39 is 10.0 Å². The number of hydrogen-bond donors (Lipinski definition) is 1. The fourth-order valence-corrected chi connectivity index (χ4v) is 3.54. The number of halogens is 2. The molecular formula is C15H15Cl2NO4S. The van der Waals surface area contributed by atoms with Gasteiger partial charge in [0.05, 0.1) is 19.2 Å². The Balaban J connectivity index is 2.34. The van der Waals surface area contributed by atoms with Crippen LogP contribution in [0.4, 0.5) is 0 Å². The van der Waals surface area contributed by atoms with Gasteiger partial charge in [-0.05, 0) is 11.6 Å². The van der Waals surface area contributed by atoms with E-state index >= 15 is 0 Å². The summed E-state index contributed by atoms with van der Waals surface area (Å²) in [6, 6.07) is 9.69. The molecule has 2 rings (SSSR count). The van der Waals surface area contributed by atoms with Gasteiger partial charge in [0, 0.05) is 23.7 Å². The standard InChI is InChI=1S/C15H15Cl2NO4S/c1-21-13-8-15(14(22-2)7-12(13)17)23(19,20)18-9-10-5-3-4-6-11(10)16/h3-8,18H,9H2,1-2H3. The summed E-state index contributed by atoms with van der Waals surface area (Å²) in [6.07, 6.45) is 0. The zero-order valence-electron chi connectivity index (χ0n) is 12.5. The molecule has 0 radical (unpaired) electrons. The summed E-state index contributed by atoms with van der Waals surface area (Å²) in [5.41, 5.74) is 0.664. The highest BCUT2D eigenvalue weighted by atomic mass is 35.5. The minimum Gasteiger partial charge on any atom is -0.495 e. The summed E-state index contributed by atoms with van der Waals surface area (Å²) >= 11 is 12.0. The molecule has 0 saturated heterocycles. The van der Waals surface area contributed by atoms with Gasteiger partial charge in [-0.1, -0.05) is 41.4 Å². The molecule has 0 atom stereocenters. The topological polar surface area (TPSA) is 64.6 Å². The van der Waals surface area contributed by atoms with E-state index in [9.17, 15) is 8.42 Å². The van der Waals surface area contributed by atoms with Gasteiger partial charge in [0.2, 0.25) is 10.0 Å². The number of methoxy groups -OCH3 is 2. The van der Waals surface area contributed by atoms with Gasteiger partial charge in [0.25, 0.3) is 0 Å². The van der Waals surface area contributed by atoms with Gasteiger partial charge in [-0.25, -0.2) is 13.1 Å². The van der Waals surface area contributed by atoms with Crippen LogP contribution in [0.1, 0.15) is 5.56 Å². The van der Waals surface area contributed by atoms with Crippen LogP contribution in [0.15, 0.2) is 41.3 Å². The summed E-state index contributed by atoms with van der Waals surface area (Å²) in [5, 5.41) is 0.741. The number of sulfonamides is 1. The average Bonchev–Trinajstić information content (AvgIpc) is 2.53. The van der Waals surface area contributed by atoms with Crippen molar-refractivity contribution in [2.45, 2.75) is 11.4 Å². The summed E-state index contributed by atoms with van der Waals surface area (Å²) in [6.45, 7) is 0.0517. The van der Waals surface area contributed by atoms with Gasteiger partial charge < -0.3 is 9.47 Å². The second kappa shape index (κ2) is 7.40. The van der Waals surface area contributed by atoms with E-state index in [1.165, 1.54) is 26.4 Å². The Labute approximate surface area is 145 Å². The van der Waals surface area contributed by atoms with Gasteiger partial charge in [-0.15, -0.1) is 0 Å². The van der Waals surface area contributed by atoms with E-state index in [0.717, 1.165) is 0 Å². The minimum absolute atomic E-state index is 0.0517. The van der Waals surface area contributed by atoms with E-state index in [4.69, 9.17) is 32.7 Å². The molecule has 0 amide bonds. The van der Waals surface area contributed by atoms with Gasteiger partial charge in [0.15, 0.2) is 0 Å². The molecule has 0 bridgehead atoms. The van der Waals surface area contributed by atoms with Crippen LogP contribution in [0.2, 0.25) is 10.0 Å². The lowest BCUT2D eigenvalue weighted by Crippen LogP contribution is -2.24. The largest absolute Gasteiger partial charge is 0.495 e. The van der Waals surface area contributed by atoms with Crippen molar-refractivity contribution in [3.63, 3.8) is 0 Å². The molecule has 124 valence electrons. The first-order valence-electron chi connectivity index (χ1n) is 6.53. The van der Waals surface area contributed by atoms with Crippen LogP contribution in [0.25, 0.3) is 0 Å². The molecule has 0 aliphatic heterocycles. The molecule has 0 heterocycles. The van der Waals surface area contributed by atoms with Crippen molar-refractivity contribution < 1.29 is 17.9 Å². The molecule has 0 aromatic heterocycles. The third-order valence-corrected chi connectivity index (χ3v) is 5.22. The zero-order chi connectivity index (χ0) is 17.0. The third-order valence-electron chi connectivity index (χ3n) is 3.14. The van der Waals surface area contributed by atoms with E-state index in [1.807, 2.05) is 0 Å². The number of hydrogen-bond acceptors (Lipinski definition) is 4. The van der Waals surface area contributed by atoms with Gasteiger partial charge >= 0.3 is 0 Å². The normalized spacial score (nSPS) is 11.3. The number of nitrogens with one attached hydrogen (secondary N) is 1. The van der Waals surface area contributed by atoms with Crippen molar-refractivity contribution >= 4 is 33.2 Å². The quantitative estimate of drug-likeness (QED) is 0.838. The molecule has 0 aliphatic rings. The summed E-state index contributed by atoms with van der Waals surface area (Å²) in [7, 11) is -1.07. The Morgan fingerprint density at radius 1 is 1.00 bits per heavy atom. The van der Waals surface area contributed by atoms with Crippen LogP contribution >= 0.6 is 23.2 Å². The Kier molecular flexibility index (Phi) is 5.75. The second-order valence-corrected chi connectivity index (χ2v) is 7.10. The van der Waals surface area contributed by atoms with Crippen LogP contribution in [0, 0.1) is 0 Å². The van der Waals surface area contributed by atoms with Gasteiger partial charge in [-0.3, -0.25) is 0 Å². The molecule has 0 spiro atoms. The number of ether oxygens (including phenoxy) is 2. The molecule has 0 aliphatic carbocycles. The highest BCUT2D eigenvalue weighted by Gasteiger charge is 2.22. The molecule has 0 saturated carbocycles. The predicted molar refractivity (Wildman–Crippen MR) is 90.0 cm³/mol. The summed E-state index contributed by atoms with van der Waals surface area (Å²) in [5.74, 6) is 0.369. The molecule has 0 fully saturated rings. The first-order chi connectivity index (χ1) is 10.9. The lowest BCUT2D eigenvalue weighted by molar-refractivity contribution is 0.392. The lowest BCUT2D eigenvalue weighted by Gasteiger charge is -2.13. The molecule has 23 heavy (non-hydrogen) atoms. The van der Waals surface area contributed by atoms with Crippen LogP contribution in [0.5, 0.6) is 11.5 Å². The van der Waals surface area contributed by atoms with E-state index in [2.05, 4.69) is 4.72 Å². The van der Waals surface area contributed by atoms with Crippen molar-refractivity contribution in [2.24, 2.45) is 0 Å². The summed E-state index contributed by atoms with van der Waals surface area (Å²) < 4.78 is 37.7. The number of rotatable bonds is 6. The smallest absolute Gasteiger partial charge is 0.244 e. The maximum atomic E-state index is 12.5. The molecule has 1 N–H and O–H groups in total. The SMILES string of the molecule is COc1cc(S(=O)(=O)NCc2ccccc2Cl)c(OC)cc1Cl.